The van der Waals surface area contributed by atoms with Crippen LogP contribution in [0.4, 0.5) is 11.9 Å². The first kappa shape index (κ1) is 22.2. The van der Waals surface area contributed by atoms with E-state index in [4.69, 9.17) is 9.72 Å². The highest BCUT2D eigenvalue weighted by Crippen LogP contribution is 2.25. The standard InChI is InChI=1S/C21H30N8O3/c1-28(2)16-6-4-15(5-7-16)24-20-26-18-14(10-13-11-17(30)25-19(13)31)12-23-29(18)21(27-20)22-8-9-32-3/h10,12,15-16H,4-9,11H2,1-3H3,(H,25,30,31)(H2,22,24,26,27)/b13-10+. The molecule has 0 radical (unpaired) electrons. The van der Waals surface area contributed by atoms with Crippen LogP contribution in [0.5, 0.6) is 0 Å². The number of anilines is 2. The summed E-state index contributed by atoms with van der Waals surface area (Å²) in [4.78, 5) is 35.2. The van der Waals surface area contributed by atoms with Gasteiger partial charge in [-0.1, -0.05) is 0 Å². The van der Waals surface area contributed by atoms with Crippen LogP contribution in [-0.4, -0.2) is 82.7 Å². The number of rotatable bonds is 8. The molecule has 2 aliphatic rings. The molecule has 0 bridgehead atoms. The first-order valence-corrected chi connectivity index (χ1v) is 10.9. The van der Waals surface area contributed by atoms with Crippen molar-refractivity contribution in [2.75, 3.05) is 45.0 Å². The van der Waals surface area contributed by atoms with Gasteiger partial charge in [-0.2, -0.15) is 19.6 Å². The first-order valence-electron chi connectivity index (χ1n) is 10.9. The summed E-state index contributed by atoms with van der Waals surface area (Å²) in [5.41, 5.74) is 1.61. The molecule has 0 unspecified atom stereocenters. The summed E-state index contributed by atoms with van der Waals surface area (Å²) in [5, 5.41) is 13.4. The number of imide groups is 1. The Bertz CT molecular complexity index is 1020. The third kappa shape index (κ3) is 4.89. The van der Waals surface area contributed by atoms with Gasteiger partial charge in [-0.15, -0.1) is 0 Å². The molecular formula is C21H30N8O3. The molecule has 4 rings (SSSR count). The second-order valence-electron chi connectivity index (χ2n) is 8.46. The number of aromatic nitrogens is 4. The van der Waals surface area contributed by atoms with Crippen molar-refractivity contribution in [3.05, 3.63) is 17.3 Å². The normalized spacial score (nSPS) is 22.7. The summed E-state index contributed by atoms with van der Waals surface area (Å²) < 4.78 is 6.73. The average molecular weight is 443 g/mol. The van der Waals surface area contributed by atoms with E-state index in [1.54, 1.807) is 23.9 Å². The van der Waals surface area contributed by atoms with Crippen molar-refractivity contribution in [1.82, 2.24) is 29.8 Å². The van der Waals surface area contributed by atoms with Crippen LogP contribution < -0.4 is 16.0 Å². The lowest BCUT2D eigenvalue weighted by molar-refractivity contribution is -0.124. The van der Waals surface area contributed by atoms with Gasteiger partial charge >= 0.3 is 0 Å². The van der Waals surface area contributed by atoms with Crippen LogP contribution in [0.1, 0.15) is 37.7 Å². The Morgan fingerprint density at radius 1 is 1.25 bits per heavy atom. The lowest BCUT2D eigenvalue weighted by atomic mass is 9.91. The number of hydrogen-bond donors (Lipinski definition) is 3. The largest absolute Gasteiger partial charge is 0.383 e. The number of nitrogens with zero attached hydrogens (tertiary/aromatic N) is 5. The molecule has 2 aromatic rings. The number of hydrogen-bond acceptors (Lipinski definition) is 9. The van der Waals surface area contributed by atoms with Gasteiger partial charge in [0.25, 0.3) is 5.91 Å². The second kappa shape index (κ2) is 9.61. The molecule has 3 N–H and O–H groups in total. The quantitative estimate of drug-likeness (QED) is 0.310. The van der Waals surface area contributed by atoms with Gasteiger partial charge in [0.1, 0.15) is 0 Å². The van der Waals surface area contributed by atoms with Crippen molar-refractivity contribution < 1.29 is 14.3 Å². The molecule has 2 aromatic heterocycles. The second-order valence-corrected chi connectivity index (χ2v) is 8.46. The van der Waals surface area contributed by atoms with Crippen LogP contribution in [0.15, 0.2) is 11.8 Å². The van der Waals surface area contributed by atoms with Crippen LogP contribution in [0.2, 0.25) is 0 Å². The van der Waals surface area contributed by atoms with Crippen LogP contribution in [0.25, 0.3) is 11.7 Å². The maximum atomic E-state index is 12.0. The van der Waals surface area contributed by atoms with Gasteiger partial charge in [-0.25, -0.2) is 0 Å². The summed E-state index contributed by atoms with van der Waals surface area (Å²) in [6, 6.07) is 0.902. The summed E-state index contributed by atoms with van der Waals surface area (Å²) in [6.07, 6.45) is 7.68. The van der Waals surface area contributed by atoms with E-state index < -0.39 is 0 Å². The SMILES string of the molecule is COCCNc1nc(NC2CCC(N(C)C)CC2)nc2c(/C=C3\CC(=O)NC3=O)cnn12. The molecule has 1 saturated heterocycles. The molecule has 0 atom stereocenters. The van der Waals surface area contributed by atoms with Crippen LogP contribution in [0.3, 0.4) is 0 Å². The maximum absolute atomic E-state index is 12.0. The van der Waals surface area contributed by atoms with Gasteiger partial charge < -0.3 is 20.3 Å². The van der Waals surface area contributed by atoms with Gasteiger partial charge in [0, 0.05) is 36.9 Å². The molecule has 1 aliphatic carbocycles. The third-order valence-corrected chi connectivity index (χ3v) is 5.97. The molecule has 1 saturated carbocycles. The summed E-state index contributed by atoms with van der Waals surface area (Å²) in [6.45, 7) is 1.08. The van der Waals surface area contributed by atoms with Crippen molar-refractivity contribution in [2.24, 2.45) is 0 Å². The molecule has 0 aromatic carbocycles. The van der Waals surface area contributed by atoms with E-state index in [2.05, 4.69) is 45.0 Å². The van der Waals surface area contributed by atoms with Gasteiger partial charge in [-0.05, 0) is 45.9 Å². The minimum atomic E-state index is -0.377. The number of methoxy groups -OCH3 is 1. The fourth-order valence-corrected chi connectivity index (χ4v) is 4.17. The Labute approximate surface area is 186 Å². The van der Waals surface area contributed by atoms with Gasteiger partial charge in [0.2, 0.25) is 17.8 Å². The maximum Gasteiger partial charge on any atom is 0.254 e. The number of fused-ring (bicyclic) bond motifs is 1. The number of nitrogens with one attached hydrogen (secondary N) is 3. The topological polar surface area (TPSA) is 126 Å². The zero-order chi connectivity index (χ0) is 22.7. The lowest BCUT2D eigenvalue weighted by Gasteiger charge is -2.33. The molecule has 1 aliphatic heterocycles. The molecule has 172 valence electrons. The van der Waals surface area contributed by atoms with Gasteiger partial charge in [0.05, 0.1) is 19.2 Å². The highest BCUT2D eigenvalue weighted by molar-refractivity contribution is 6.15. The number of ether oxygens (including phenoxy) is 1. The number of carbonyl (C=O) groups is 2. The highest BCUT2D eigenvalue weighted by atomic mass is 16.5. The van der Waals surface area contributed by atoms with E-state index >= 15 is 0 Å². The third-order valence-electron chi connectivity index (χ3n) is 5.97. The fraction of sp³-hybridized carbons (Fsp3) is 0.571. The van der Waals surface area contributed by atoms with Crippen LogP contribution >= 0.6 is 0 Å². The van der Waals surface area contributed by atoms with Gasteiger partial charge in [-0.3, -0.25) is 14.9 Å². The van der Waals surface area contributed by atoms with E-state index in [0.717, 1.165) is 25.7 Å². The highest BCUT2D eigenvalue weighted by Gasteiger charge is 2.26. The molecule has 32 heavy (non-hydrogen) atoms. The monoisotopic (exact) mass is 442 g/mol. The van der Waals surface area contributed by atoms with E-state index in [-0.39, 0.29) is 18.2 Å². The van der Waals surface area contributed by atoms with Crippen molar-refractivity contribution in [3.8, 4) is 0 Å². The van der Waals surface area contributed by atoms with E-state index in [9.17, 15) is 9.59 Å². The van der Waals surface area contributed by atoms with Crippen LogP contribution in [0, 0.1) is 0 Å². The Kier molecular flexibility index (Phi) is 6.66. The smallest absolute Gasteiger partial charge is 0.254 e. The minimum Gasteiger partial charge on any atom is -0.383 e. The Balaban J connectivity index is 1.61. The predicted molar refractivity (Wildman–Crippen MR) is 120 cm³/mol. The Morgan fingerprint density at radius 2 is 2.03 bits per heavy atom. The number of amides is 2. The van der Waals surface area contributed by atoms with Crippen molar-refractivity contribution >= 4 is 35.4 Å². The van der Waals surface area contributed by atoms with E-state index in [0.29, 0.717) is 53.9 Å². The van der Waals surface area contributed by atoms with Crippen molar-refractivity contribution in [3.63, 3.8) is 0 Å². The molecule has 11 heteroatoms. The zero-order valence-electron chi connectivity index (χ0n) is 18.7. The zero-order valence-corrected chi connectivity index (χ0v) is 18.7. The first-order chi connectivity index (χ1) is 15.4. The lowest BCUT2D eigenvalue weighted by Crippen LogP contribution is -2.36. The molecule has 2 fully saturated rings. The summed E-state index contributed by atoms with van der Waals surface area (Å²) in [5.74, 6) is 0.369. The molecule has 11 nitrogen and oxygen atoms in total. The summed E-state index contributed by atoms with van der Waals surface area (Å²) >= 11 is 0. The minimum absolute atomic E-state index is 0.0560. The fourth-order valence-electron chi connectivity index (χ4n) is 4.17. The molecule has 3 heterocycles. The van der Waals surface area contributed by atoms with Crippen molar-refractivity contribution in [2.45, 2.75) is 44.2 Å². The summed E-state index contributed by atoms with van der Waals surface area (Å²) in [7, 11) is 5.89. The number of carbonyl (C=O) groups excluding carboxylic acids is 2. The molecule has 2 amide bonds. The van der Waals surface area contributed by atoms with E-state index in [1.807, 2.05) is 0 Å². The van der Waals surface area contributed by atoms with Crippen molar-refractivity contribution in [1.29, 1.82) is 0 Å². The van der Waals surface area contributed by atoms with Crippen LogP contribution in [-0.2, 0) is 14.3 Å². The van der Waals surface area contributed by atoms with Gasteiger partial charge in [0.15, 0.2) is 5.65 Å². The van der Waals surface area contributed by atoms with E-state index in [1.165, 1.54) is 0 Å². The average Bonchev–Trinajstić information content (AvgIpc) is 3.31. The Hall–Kier alpha value is -3.05. The predicted octanol–water partition coefficient (Wildman–Crippen LogP) is 0.897. The Morgan fingerprint density at radius 3 is 2.69 bits per heavy atom. The molecular weight excluding hydrogens is 412 g/mol. The molecule has 0 spiro atoms.